The first-order valence-corrected chi connectivity index (χ1v) is 9.77. The number of hydrogen-bond acceptors (Lipinski definition) is 5. The van der Waals surface area contributed by atoms with E-state index in [0.29, 0.717) is 6.42 Å². The first-order chi connectivity index (χ1) is 12.1. The Hall–Kier alpha value is -1.77. The number of phenolic OH excluding ortho intramolecular Hbond substituents is 1. The van der Waals surface area contributed by atoms with Crippen LogP contribution in [0.4, 0.5) is 4.79 Å². The van der Waals surface area contributed by atoms with Gasteiger partial charge < -0.3 is 14.7 Å². The van der Waals surface area contributed by atoms with Crippen LogP contribution in [0.15, 0.2) is 36.4 Å². The fourth-order valence-corrected chi connectivity index (χ4v) is 2.26. The Bertz CT molecular complexity index is 559. The molecule has 1 amide bonds. The first kappa shape index (κ1) is 21.3. The number of alkyl halides is 1. The van der Waals surface area contributed by atoms with Gasteiger partial charge in [-0.1, -0.05) is 41.7 Å². The molecule has 0 atom stereocenters. The van der Waals surface area contributed by atoms with Gasteiger partial charge in [0.2, 0.25) is 0 Å². The zero-order valence-corrected chi connectivity index (χ0v) is 16.5. The molecule has 6 nitrogen and oxygen atoms in total. The van der Waals surface area contributed by atoms with Crippen molar-refractivity contribution in [1.82, 2.24) is 5.06 Å². The van der Waals surface area contributed by atoms with E-state index in [9.17, 15) is 14.7 Å². The number of nitrogens with zero attached hydrogens (tertiary/aromatic N) is 1. The highest BCUT2D eigenvalue weighted by molar-refractivity contribution is 14.1. The van der Waals surface area contributed by atoms with Crippen LogP contribution in [-0.2, 0) is 9.57 Å². The topological polar surface area (TPSA) is 76.1 Å². The van der Waals surface area contributed by atoms with Gasteiger partial charge in [-0.2, -0.15) is 0 Å². The van der Waals surface area contributed by atoms with E-state index in [1.54, 1.807) is 0 Å². The number of aromatic hydroxyl groups is 1. The van der Waals surface area contributed by atoms with Gasteiger partial charge in [0.1, 0.15) is 5.75 Å². The van der Waals surface area contributed by atoms with Gasteiger partial charge in [0, 0.05) is 4.43 Å². The van der Waals surface area contributed by atoms with E-state index in [0.717, 1.165) is 28.8 Å². The average molecular weight is 461 g/mol. The van der Waals surface area contributed by atoms with E-state index >= 15 is 0 Å². The lowest BCUT2D eigenvalue weighted by molar-refractivity contribution is -0.0939. The first-order valence-electron chi connectivity index (χ1n) is 8.25. The van der Waals surface area contributed by atoms with E-state index in [1.165, 1.54) is 24.3 Å². The monoisotopic (exact) mass is 461 g/mol. The van der Waals surface area contributed by atoms with Gasteiger partial charge in [-0.3, -0.25) is 0 Å². The van der Waals surface area contributed by atoms with Crippen LogP contribution in [0.2, 0.25) is 0 Å². The molecule has 0 aliphatic rings. The second-order valence-electron chi connectivity index (χ2n) is 5.26. The summed E-state index contributed by atoms with van der Waals surface area (Å²) in [6, 6.07) is 5.62. The second kappa shape index (κ2) is 12.6. The largest absolute Gasteiger partial charge is 0.508 e. The molecule has 0 fully saturated rings. The summed E-state index contributed by atoms with van der Waals surface area (Å²) in [5.41, 5.74) is 0.244. The van der Waals surface area contributed by atoms with Gasteiger partial charge in [0.05, 0.1) is 18.7 Å². The van der Waals surface area contributed by atoms with Gasteiger partial charge in [0.15, 0.2) is 0 Å². The minimum absolute atomic E-state index is 0.0507. The molecule has 0 spiro atoms. The van der Waals surface area contributed by atoms with E-state index in [1.807, 2.05) is 6.92 Å². The molecule has 1 rings (SSSR count). The molecule has 1 aromatic rings. The number of halogens is 1. The highest BCUT2D eigenvalue weighted by atomic mass is 127. The lowest BCUT2D eigenvalue weighted by Gasteiger charge is -2.20. The quantitative estimate of drug-likeness (QED) is 0.193. The van der Waals surface area contributed by atoms with Gasteiger partial charge >= 0.3 is 12.1 Å². The summed E-state index contributed by atoms with van der Waals surface area (Å²) in [6.07, 6.45) is 6.80. The molecule has 25 heavy (non-hydrogen) atoms. The third-order valence-corrected chi connectivity index (χ3v) is 3.68. The SMILES string of the molecule is CCCN(OC(=O)c1ccc(O)cc1)C(=O)OCCCCC=CCI. The maximum atomic E-state index is 12.1. The lowest BCUT2D eigenvalue weighted by atomic mass is 10.2. The molecule has 138 valence electrons. The molecule has 0 bridgehead atoms. The van der Waals surface area contributed by atoms with Crippen molar-refractivity contribution >= 4 is 34.7 Å². The number of unbranched alkanes of at least 4 members (excludes halogenated alkanes) is 2. The molecule has 0 unspecified atom stereocenters. The Balaban J connectivity index is 2.43. The van der Waals surface area contributed by atoms with Crippen LogP contribution in [0.25, 0.3) is 0 Å². The Labute approximate surface area is 161 Å². The zero-order valence-electron chi connectivity index (χ0n) is 14.3. The molecule has 0 radical (unpaired) electrons. The molecule has 1 aromatic carbocycles. The van der Waals surface area contributed by atoms with Crippen molar-refractivity contribution in [3.63, 3.8) is 0 Å². The number of phenols is 1. The second-order valence-corrected chi connectivity index (χ2v) is 6.14. The normalized spacial score (nSPS) is 10.6. The summed E-state index contributed by atoms with van der Waals surface area (Å²) >= 11 is 2.28. The molecule has 0 aromatic heterocycles. The molecule has 7 heteroatoms. The fourth-order valence-electron chi connectivity index (χ4n) is 1.90. The summed E-state index contributed by atoms with van der Waals surface area (Å²) in [5, 5.41) is 10.2. The number of carbonyl (C=O) groups is 2. The number of amides is 1. The number of hydrogen-bond donors (Lipinski definition) is 1. The predicted octanol–water partition coefficient (Wildman–Crippen LogP) is 4.47. The van der Waals surface area contributed by atoms with E-state index < -0.39 is 12.1 Å². The summed E-state index contributed by atoms with van der Waals surface area (Å²) in [6.45, 7) is 2.41. The zero-order chi connectivity index (χ0) is 18.5. The van der Waals surface area contributed by atoms with Gasteiger partial charge in [-0.25, -0.2) is 9.59 Å². The van der Waals surface area contributed by atoms with Crippen molar-refractivity contribution in [2.24, 2.45) is 0 Å². The molecular weight excluding hydrogens is 437 g/mol. The molecular formula is C18H24INO5. The van der Waals surface area contributed by atoms with Crippen molar-refractivity contribution < 1.29 is 24.3 Å². The molecule has 0 heterocycles. The van der Waals surface area contributed by atoms with E-state index in [2.05, 4.69) is 34.7 Å². The van der Waals surface area contributed by atoms with Gasteiger partial charge in [0.25, 0.3) is 0 Å². The standard InChI is InChI=1S/C18H24INO5/c1-2-13-20(18(23)24-14-7-5-3-4-6-12-19)25-17(22)15-8-10-16(21)11-9-15/h4,6,8-11,21H,2-3,5,7,12-14H2,1H3. The Morgan fingerprint density at radius 2 is 1.92 bits per heavy atom. The molecule has 0 aliphatic carbocycles. The van der Waals surface area contributed by atoms with Crippen LogP contribution in [0.3, 0.4) is 0 Å². The molecule has 0 saturated heterocycles. The van der Waals surface area contributed by atoms with Crippen LogP contribution in [-0.4, -0.2) is 39.8 Å². The summed E-state index contributed by atoms with van der Waals surface area (Å²) in [7, 11) is 0. The molecule has 0 saturated carbocycles. The highest BCUT2D eigenvalue weighted by Gasteiger charge is 2.20. The number of hydroxylamine groups is 2. The van der Waals surface area contributed by atoms with Gasteiger partial charge in [-0.05, 0) is 49.9 Å². The number of allylic oxidation sites excluding steroid dienone is 2. The van der Waals surface area contributed by atoms with Crippen LogP contribution in [0, 0.1) is 0 Å². The van der Waals surface area contributed by atoms with Crippen molar-refractivity contribution in [3.05, 3.63) is 42.0 Å². The van der Waals surface area contributed by atoms with Crippen LogP contribution >= 0.6 is 22.6 Å². The minimum Gasteiger partial charge on any atom is -0.508 e. The van der Waals surface area contributed by atoms with Crippen LogP contribution in [0.5, 0.6) is 5.75 Å². The van der Waals surface area contributed by atoms with Crippen molar-refractivity contribution in [2.75, 3.05) is 17.6 Å². The highest BCUT2D eigenvalue weighted by Crippen LogP contribution is 2.12. The minimum atomic E-state index is -0.672. The lowest BCUT2D eigenvalue weighted by Crippen LogP contribution is -2.35. The van der Waals surface area contributed by atoms with Crippen molar-refractivity contribution in [1.29, 1.82) is 0 Å². The number of rotatable bonds is 9. The third-order valence-electron chi connectivity index (χ3n) is 3.17. The fraction of sp³-hybridized carbons (Fsp3) is 0.444. The van der Waals surface area contributed by atoms with Gasteiger partial charge in [-0.15, -0.1) is 5.06 Å². The Morgan fingerprint density at radius 1 is 1.20 bits per heavy atom. The average Bonchev–Trinajstić information content (AvgIpc) is 2.61. The number of ether oxygens (including phenoxy) is 1. The van der Waals surface area contributed by atoms with Crippen LogP contribution < -0.4 is 0 Å². The number of benzene rings is 1. The van der Waals surface area contributed by atoms with Crippen molar-refractivity contribution in [2.45, 2.75) is 32.6 Å². The maximum absolute atomic E-state index is 12.1. The Kier molecular flexibility index (Phi) is 10.7. The van der Waals surface area contributed by atoms with E-state index in [-0.39, 0.29) is 24.5 Å². The van der Waals surface area contributed by atoms with Crippen LogP contribution in [0.1, 0.15) is 43.0 Å². The maximum Gasteiger partial charge on any atom is 0.443 e. The molecule has 0 aliphatic heterocycles. The summed E-state index contributed by atoms with van der Waals surface area (Å²) in [4.78, 5) is 29.2. The Morgan fingerprint density at radius 3 is 2.56 bits per heavy atom. The smallest absolute Gasteiger partial charge is 0.443 e. The van der Waals surface area contributed by atoms with E-state index in [4.69, 9.17) is 9.57 Å². The summed E-state index contributed by atoms with van der Waals surface area (Å²) in [5.74, 6) is -0.621. The third kappa shape index (κ3) is 8.76. The predicted molar refractivity (Wildman–Crippen MR) is 104 cm³/mol. The molecule has 1 N–H and O–H groups in total. The summed E-state index contributed by atoms with van der Waals surface area (Å²) < 4.78 is 6.15. The number of carbonyl (C=O) groups excluding carboxylic acids is 2. The van der Waals surface area contributed by atoms with Crippen molar-refractivity contribution in [3.8, 4) is 5.75 Å².